The molecule has 168 valence electrons. The Kier molecular flexibility index (Phi) is 5.36. The molecule has 5 rings (SSSR count). The number of aryl methyl sites for hydroxylation is 3. The highest BCUT2D eigenvalue weighted by Gasteiger charge is 2.24. The number of ether oxygens (including phenoxy) is 1. The molecule has 0 saturated heterocycles. The summed E-state index contributed by atoms with van der Waals surface area (Å²) in [5.74, 6) is 1.14. The molecule has 2 heterocycles. The molecule has 0 fully saturated rings. The molecule has 1 aromatic heterocycles. The van der Waals surface area contributed by atoms with Crippen molar-refractivity contribution in [2.75, 3.05) is 13.2 Å². The zero-order valence-corrected chi connectivity index (χ0v) is 19.0. The maximum Gasteiger partial charge on any atom is 0.254 e. The van der Waals surface area contributed by atoms with E-state index in [-0.39, 0.29) is 11.7 Å². The molecule has 5 nitrogen and oxygen atoms in total. The van der Waals surface area contributed by atoms with Gasteiger partial charge in [0.25, 0.3) is 5.91 Å². The summed E-state index contributed by atoms with van der Waals surface area (Å²) in [4.78, 5) is 22.9. The van der Waals surface area contributed by atoms with Crippen LogP contribution in [0.2, 0.25) is 0 Å². The molecule has 0 atom stereocenters. The average molecular weight is 444 g/mol. The van der Waals surface area contributed by atoms with Gasteiger partial charge in [0.05, 0.1) is 17.6 Å². The first-order valence-corrected chi connectivity index (χ1v) is 11.2. The molecule has 1 N–H and O–H groups in total. The normalized spacial score (nSPS) is 13.5. The fourth-order valence-corrected chi connectivity index (χ4v) is 4.47. The summed E-state index contributed by atoms with van der Waals surface area (Å²) < 4.78 is 20.2. The molecule has 0 spiro atoms. The Hall–Kier alpha value is -3.67. The van der Waals surface area contributed by atoms with Crippen molar-refractivity contribution < 1.29 is 13.9 Å². The van der Waals surface area contributed by atoms with Crippen molar-refractivity contribution in [2.24, 2.45) is 0 Å². The van der Waals surface area contributed by atoms with E-state index in [1.54, 1.807) is 17.9 Å². The standard InChI is InChI=1S/C27H26FN3O2/c1-4-18-11-16(2)23(28)14-22(18)27(32)31-9-10-33-26-8-6-19(12-21(26)15-31)20-5-7-24-25(13-20)30-17(3)29-24/h5-8,11-14H,4,9-10,15H2,1-3H3,(H,29,30). The van der Waals surface area contributed by atoms with Gasteiger partial charge >= 0.3 is 0 Å². The van der Waals surface area contributed by atoms with Gasteiger partial charge in [0, 0.05) is 17.7 Å². The Bertz CT molecular complexity index is 1380. The van der Waals surface area contributed by atoms with Crippen LogP contribution in [0.4, 0.5) is 4.39 Å². The van der Waals surface area contributed by atoms with E-state index in [1.807, 2.05) is 38.1 Å². The van der Waals surface area contributed by atoms with E-state index in [1.165, 1.54) is 6.07 Å². The van der Waals surface area contributed by atoms with E-state index in [0.717, 1.165) is 44.9 Å². The molecule has 0 aliphatic carbocycles. The zero-order valence-electron chi connectivity index (χ0n) is 19.0. The van der Waals surface area contributed by atoms with E-state index in [0.29, 0.717) is 37.2 Å². The quantitative estimate of drug-likeness (QED) is 0.450. The van der Waals surface area contributed by atoms with Gasteiger partial charge in [-0.15, -0.1) is 0 Å². The van der Waals surface area contributed by atoms with Crippen molar-refractivity contribution in [1.29, 1.82) is 0 Å². The van der Waals surface area contributed by atoms with Crippen LogP contribution in [0.1, 0.15) is 39.8 Å². The van der Waals surface area contributed by atoms with Crippen LogP contribution in [0.25, 0.3) is 22.2 Å². The minimum absolute atomic E-state index is 0.165. The molecular weight excluding hydrogens is 417 g/mol. The van der Waals surface area contributed by atoms with Gasteiger partial charge in [-0.3, -0.25) is 4.79 Å². The van der Waals surface area contributed by atoms with Crippen molar-refractivity contribution in [3.8, 4) is 16.9 Å². The summed E-state index contributed by atoms with van der Waals surface area (Å²) in [6, 6.07) is 15.4. The molecule has 33 heavy (non-hydrogen) atoms. The van der Waals surface area contributed by atoms with E-state index >= 15 is 0 Å². The Balaban J connectivity index is 1.48. The van der Waals surface area contributed by atoms with Crippen molar-refractivity contribution in [3.05, 3.63) is 82.4 Å². The van der Waals surface area contributed by atoms with E-state index in [9.17, 15) is 9.18 Å². The molecule has 1 amide bonds. The Morgan fingerprint density at radius 3 is 2.73 bits per heavy atom. The molecule has 1 aliphatic heterocycles. The third kappa shape index (κ3) is 3.97. The van der Waals surface area contributed by atoms with Crippen molar-refractivity contribution in [3.63, 3.8) is 0 Å². The van der Waals surface area contributed by atoms with Crippen molar-refractivity contribution >= 4 is 16.9 Å². The first-order valence-electron chi connectivity index (χ1n) is 11.2. The number of rotatable bonds is 3. The minimum Gasteiger partial charge on any atom is -0.491 e. The third-order valence-corrected chi connectivity index (χ3v) is 6.26. The van der Waals surface area contributed by atoms with Gasteiger partial charge in [-0.2, -0.15) is 0 Å². The summed E-state index contributed by atoms with van der Waals surface area (Å²) in [7, 11) is 0. The lowest BCUT2D eigenvalue weighted by Gasteiger charge is -2.22. The van der Waals surface area contributed by atoms with Crippen LogP contribution in [0.3, 0.4) is 0 Å². The summed E-state index contributed by atoms with van der Waals surface area (Å²) in [5.41, 5.74) is 6.80. The van der Waals surface area contributed by atoms with Crippen LogP contribution in [-0.2, 0) is 13.0 Å². The second-order valence-electron chi connectivity index (χ2n) is 8.56. The molecular formula is C27H26FN3O2. The number of hydrogen-bond acceptors (Lipinski definition) is 3. The Labute approximate surface area is 192 Å². The summed E-state index contributed by atoms with van der Waals surface area (Å²) in [6.07, 6.45) is 0.669. The van der Waals surface area contributed by atoms with Gasteiger partial charge < -0.3 is 14.6 Å². The molecule has 4 aromatic rings. The number of benzene rings is 3. The number of carbonyl (C=O) groups is 1. The predicted molar refractivity (Wildman–Crippen MR) is 127 cm³/mol. The highest BCUT2D eigenvalue weighted by Crippen LogP contribution is 2.31. The zero-order chi connectivity index (χ0) is 23.1. The number of imidazole rings is 1. The lowest BCUT2D eigenvalue weighted by Crippen LogP contribution is -2.33. The van der Waals surface area contributed by atoms with Gasteiger partial charge in [-0.25, -0.2) is 9.37 Å². The number of amides is 1. The molecule has 0 bridgehead atoms. The topological polar surface area (TPSA) is 58.2 Å². The number of nitrogens with one attached hydrogen (secondary N) is 1. The first-order chi connectivity index (χ1) is 15.9. The fourth-order valence-electron chi connectivity index (χ4n) is 4.47. The van der Waals surface area contributed by atoms with Gasteiger partial charge in [0.2, 0.25) is 0 Å². The average Bonchev–Trinajstić information content (AvgIpc) is 3.05. The molecule has 6 heteroatoms. The number of carbonyl (C=O) groups excluding carboxylic acids is 1. The van der Waals surface area contributed by atoms with Gasteiger partial charge in [-0.1, -0.05) is 25.1 Å². The highest BCUT2D eigenvalue weighted by molar-refractivity contribution is 5.96. The largest absolute Gasteiger partial charge is 0.491 e. The highest BCUT2D eigenvalue weighted by atomic mass is 19.1. The lowest BCUT2D eigenvalue weighted by molar-refractivity contribution is 0.0731. The van der Waals surface area contributed by atoms with Crippen LogP contribution in [0.15, 0.2) is 48.5 Å². The van der Waals surface area contributed by atoms with Crippen LogP contribution in [0, 0.1) is 19.7 Å². The number of aromatic amines is 1. The lowest BCUT2D eigenvalue weighted by atomic mass is 9.99. The summed E-state index contributed by atoms with van der Waals surface area (Å²) in [6.45, 7) is 6.89. The SMILES string of the molecule is CCc1cc(C)c(F)cc1C(=O)N1CCOc2ccc(-c3ccc4nc(C)[nH]c4c3)cc2C1. The maximum atomic E-state index is 14.3. The van der Waals surface area contributed by atoms with Gasteiger partial charge in [0.15, 0.2) is 0 Å². The molecule has 0 radical (unpaired) electrons. The fraction of sp³-hybridized carbons (Fsp3) is 0.259. The monoisotopic (exact) mass is 443 g/mol. The smallest absolute Gasteiger partial charge is 0.254 e. The van der Waals surface area contributed by atoms with Crippen molar-refractivity contribution in [1.82, 2.24) is 14.9 Å². The molecule has 0 unspecified atom stereocenters. The maximum absolute atomic E-state index is 14.3. The second-order valence-corrected chi connectivity index (χ2v) is 8.56. The van der Waals surface area contributed by atoms with E-state index < -0.39 is 0 Å². The Morgan fingerprint density at radius 1 is 1.12 bits per heavy atom. The number of nitrogens with zero attached hydrogens (tertiary/aromatic N) is 2. The summed E-state index contributed by atoms with van der Waals surface area (Å²) in [5, 5.41) is 0. The van der Waals surface area contributed by atoms with Crippen LogP contribution >= 0.6 is 0 Å². The molecule has 0 saturated carbocycles. The van der Waals surface area contributed by atoms with Crippen LogP contribution < -0.4 is 4.74 Å². The number of H-pyrrole nitrogens is 1. The number of fused-ring (bicyclic) bond motifs is 2. The predicted octanol–water partition coefficient (Wildman–Crippen LogP) is 5.58. The van der Waals surface area contributed by atoms with Gasteiger partial charge in [-0.05, 0) is 72.9 Å². The minimum atomic E-state index is -0.353. The van der Waals surface area contributed by atoms with Crippen LogP contribution in [0.5, 0.6) is 5.75 Å². The number of aromatic nitrogens is 2. The Morgan fingerprint density at radius 2 is 1.91 bits per heavy atom. The number of halogens is 1. The summed E-state index contributed by atoms with van der Waals surface area (Å²) >= 11 is 0. The van der Waals surface area contributed by atoms with Crippen molar-refractivity contribution in [2.45, 2.75) is 33.7 Å². The molecule has 1 aliphatic rings. The third-order valence-electron chi connectivity index (χ3n) is 6.26. The van der Waals surface area contributed by atoms with Gasteiger partial charge in [0.1, 0.15) is 24.0 Å². The van der Waals surface area contributed by atoms with Crippen LogP contribution in [-0.4, -0.2) is 33.9 Å². The molecule has 3 aromatic carbocycles. The second kappa shape index (κ2) is 8.35. The first kappa shape index (κ1) is 21.2. The van der Waals surface area contributed by atoms with E-state index in [2.05, 4.69) is 22.1 Å². The van der Waals surface area contributed by atoms with E-state index in [4.69, 9.17) is 4.74 Å². The number of hydrogen-bond donors (Lipinski definition) is 1.